The lowest BCUT2D eigenvalue weighted by Crippen LogP contribution is -2.08. The van der Waals surface area contributed by atoms with Crippen LogP contribution in [0.4, 0.5) is 0 Å². The van der Waals surface area contributed by atoms with Gasteiger partial charge < -0.3 is 9.84 Å². The van der Waals surface area contributed by atoms with Crippen molar-refractivity contribution in [3.63, 3.8) is 0 Å². The number of methoxy groups -OCH3 is 1. The van der Waals surface area contributed by atoms with Crippen molar-refractivity contribution < 1.29 is 9.84 Å². The van der Waals surface area contributed by atoms with Crippen LogP contribution < -0.4 is 0 Å². The number of benzene rings is 1. The Morgan fingerprint density at radius 1 is 1.25 bits per heavy atom. The fraction of sp³-hybridized carbons (Fsp3) is 0.571. The Morgan fingerprint density at radius 3 is 2.38 bits per heavy atom. The van der Waals surface area contributed by atoms with E-state index in [9.17, 15) is 5.11 Å². The summed E-state index contributed by atoms with van der Waals surface area (Å²) >= 11 is 0. The van der Waals surface area contributed by atoms with Crippen molar-refractivity contribution >= 4 is 0 Å². The number of rotatable bonds is 6. The van der Waals surface area contributed by atoms with E-state index >= 15 is 0 Å². The second-order valence-corrected chi connectivity index (χ2v) is 4.31. The van der Waals surface area contributed by atoms with E-state index in [4.69, 9.17) is 4.74 Å². The molecule has 1 N–H and O–H groups in total. The summed E-state index contributed by atoms with van der Waals surface area (Å²) in [5.41, 5.74) is 2.26. The molecule has 1 aromatic carbocycles. The van der Waals surface area contributed by atoms with Gasteiger partial charge in [-0.2, -0.15) is 0 Å². The van der Waals surface area contributed by atoms with Crippen LogP contribution in [0.3, 0.4) is 0 Å². The molecule has 2 nitrogen and oxygen atoms in total. The summed E-state index contributed by atoms with van der Waals surface area (Å²) in [5.74, 6) is 0.310. The number of aliphatic hydroxyl groups is 1. The van der Waals surface area contributed by atoms with Crippen LogP contribution in [0.1, 0.15) is 37.5 Å². The van der Waals surface area contributed by atoms with Crippen LogP contribution in [0.15, 0.2) is 24.3 Å². The molecule has 0 radical (unpaired) electrons. The van der Waals surface area contributed by atoms with E-state index in [2.05, 4.69) is 26.0 Å². The first kappa shape index (κ1) is 13.2. The van der Waals surface area contributed by atoms with Gasteiger partial charge in [-0.3, -0.25) is 0 Å². The van der Waals surface area contributed by atoms with Gasteiger partial charge in [0.15, 0.2) is 0 Å². The van der Waals surface area contributed by atoms with Gasteiger partial charge >= 0.3 is 0 Å². The third kappa shape index (κ3) is 3.62. The van der Waals surface area contributed by atoms with E-state index in [0.717, 1.165) is 25.0 Å². The highest BCUT2D eigenvalue weighted by Gasteiger charge is 2.13. The van der Waals surface area contributed by atoms with Crippen LogP contribution in [-0.2, 0) is 11.2 Å². The first-order valence-corrected chi connectivity index (χ1v) is 5.94. The zero-order valence-electron chi connectivity index (χ0n) is 10.4. The fourth-order valence-electron chi connectivity index (χ4n) is 1.65. The summed E-state index contributed by atoms with van der Waals surface area (Å²) in [5, 5.41) is 10.0. The van der Waals surface area contributed by atoms with Crippen molar-refractivity contribution in [2.24, 2.45) is 5.92 Å². The van der Waals surface area contributed by atoms with Gasteiger partial charge in [-0.15, -0.1) is 0 Å². The van der Waals surface area contributed by atoms with Crippen LogP contribution in [-0.4, -0.2) is 18.8 Å². The lowest BCUT2D eigenvalue weighted by atomic mass is 9.94. The molecular formula is C14H22O2. The topological polar surface area (TPSA) is 29.5 Å². The number of hydrogen-bond donors (Lipinski definition) is 1. The van der Waals surface area contributed by atoms with Crippen LogP contribution >= 0.6 is 0 Å². The minimum absolute atomic E-state index is 0.310. The van der Waals surface area contributed by atoms with Gasteiger partial charge in [0.2, 0.25) is 0 Å². The molecule has 0 saturated heterocycles. The Hall–Kier alpha value is -0.860. The molecule has 1 rings (SSSR count). The Labute approximate surface area is 98.3 Å². The molecule has 16 heavy (non-hydrogen) atoms. The molecule has 0 aliphatic carbocycles. The number of aliphatic hydroxyl groups excluding tert-OH is 1. The maximum absolute atomic E-state index is 10.0. The van der Waals surface area contributed by atoms with Crippen molar-refractivity contribution in [2.45, 2.75) is 32.8 Å². The molecule has 2 unspecified atom stereocenters. The van der Waals surface area contributed by atoms with Crippen LogP contribution in [0.25, 0.3) is 0 Å². The zero-order chi connectivity index (χ0) is 12.0. The van der Waals surface area contributed by atoms with Crippen molar-refractivity contribution in [2.75, 3.05) is 13.7 Å². The van der Waals surface area contributed by atoms with E-state index in [-0.39, 0.29) is 6.10 Å². The molecule has 0 heterocycles. The number of hydrogen-bond acceptors (Lipinski definition) is 2. The first-order chi connectivity index (χ1) is 7.69. The second-order valence-electron chi connectivity index (χ2n) is 4.31. The number of ether oxygens (including phenoxy) is 1. The van der Waals surface area contributed by atoms with Crippen molar-refractivity contribution in [3.8, 4) is 0 Å². The van der Waals surface area contributed by atoms with Gasteiger partial charge in [-0.1, -0.05) is 44.5 Å². The van der Waals surface area contributed by atoms with Gasteiger partial charge in [0.05, 0.1) is 12.7 Å². The van der Waals surface area contributed by atoms with Gasteiger partial charge in [0.1, 0.15) is 0 Å². The predicted octanol–water partition coefficient (Wildman–Crippen LogP) is 2.96. The Morgan fingerprint density at radius 2 is 1.88 bits per heavy atom. The minimum Gasteiger partial charge on any atom is -0.388 e. The molecule has 0 saturated carbocycles. The molecule has 90 valence electrons. The van der Waals surface area contributed by atoms with E-state index in [1.165, 1.54) is 5.56 Å². The normalized spacial score (nSPS) is 14.8. The Bertz CT molecular complexity index is 292. The minimum atomic E-state index is -0.346. The molecular weight excluding hydrogens is 200 g/mol. The zero-order valence-corrected chi connectivity index (χ0v) is 10.4. The maximum Gasteiger partial charge on any atom is 0.0815 e. The van der Waals surface area contributed by atoms with Gasteiger partial charge in [0, 0.05) is 7.11 Å². The summed E-state index contributed by atoms with van der Waals surface area (Å²) in [6.07, 6.45) is 1.57. The van der Waals surface area contributed by atoms with E-state index < -0.39 is 0 Å². The average molecular weight is 222 g/mol. The molecule has 1 aromatic rings. The van der Waals surface area contributed by atoms with Crippen molar-refractivity contribution in [1.82, 2.24) is 0 Å². The lowest BCUT2D eigenvalue weighted by Gasteiger charge is -2.17. The van der Waals surface area contributed by atoms with Gasteiger partial charge in [-0.05, 0) is 23.5 Å². The Balaban J connectivity index is 2.63. The summed E-state index contributed by atoms with van der Waals surface area (Å²) < 4.78 is 5.03. The van der Waals surface area contributed by atoms with E-state index in [0.29, 0.717) is 5.92 Å². The molecule has 0 spiro atoms. The summed E-state index contributed by atoms with van der Waals surface area (Å²) in [6.45, 7) is 4.91. The highest BCUT2D eigenvalue weighted by Crippen LogP contribution is 2.24. The third-order valence-electron chi connectivity index (χ3n) is 3.10. The van der Waals surface area contributed by atoms with Crippen LogP contribution in [0.5, 0.6) is 0 Å². The molecule has 0 aliphatic rings. The Kier molecular flexibility index (Phi) is 5.50. The fourth-order valence-corrected chi connectivity index (χ4v) is 1.65. The molecule has 0 aromatic heterocycles. The van der Waals surface area contributed by atoms with Crippen LogP contribution in [0, 0.1) is 5.92 Å². The highest BCUT2D eigenvalue weighted by atomic mass is 16.5. The summed E-state index contributed by atoms with van der Waals surface area (Å²) in [4.78, 5) is 0. The standard InChI is InChI=1S/C14H22O2/c1-4-11(2)14(15)13-7-5-12(6-8-13)9-10-16-3/h5-8,11,14-15H,4,9-10H2,1-3H3. The predicted molar refractivity (Wildman–Crippen MR) is 66.4 cm³/mol. The smallest absolute Gasteiger partial charge is 0.0815 e. The van der Waals surface area contributed by atoms with E-state index in [1.54, 1.807) is 7.11 Å². The molecule has 2 atom stereocenters. The van der Waals surface area contributed by atoms with Gasteiger partial charge in [-0.25, -0.2) is 0 Å². The summed E-state index contributed by atoms with van der Waals surface area (Å²) in [7, 11) is 1.71. The molecule has 0 fully saturated rings. The molecule has 0 bridgehead atoms. The largest absolute Gasteiger partial charge is 0.388 e. The SMILES string of the molecule is CCC(C)C(O)c1ccc(CCOC)cc1. The molecule has 0 aliphatic heterocycles. The van der Waals surface area contributed by atoms with Crippen molar-refractivity contribution in [1.29, 1.82) is 0 Å². The van der Waals surface area contributed by atoms with E-state index in [1.807, 2.05) is 12.1 Å². The quantitative estimate of drug-likeness (QED) is 0.802. The second kappa shape index (κ2) is 6.66. The third-order valence-corrected chi connectivity index (χ3v) is 3.10. The average Bonchev–Trinajstić information content (AvgIpc) is 2.35. The van der Waals surface area contributed by atoms with Crippen molar-refractivity contribution in [3.05, 3.63) is 35.4 Å². The van der Waals surface area contributed by atoms with Gasteiger partial charge in [0.25, 0.3) is 0 Å². The summed E-state index contributed by atoms with van der Waals surface area (Å²) in [6, 6.07) is 8.17. The first-order valence-electron chi connectivity index (χ1n) is 5.94. The molecule has 2 heteroatoms. The monoisotopic (exact) mass is 222 g/mol. The maximum atomic E-state index is 10.0. The highest BCUT2D eigenvalue weighted by molar-refractivity contribution is 5.24. The van der Waals surface area contributed by atoms with Crippen LogP contribution in [0.2, 0.25) is 0 Å². The molecule has 0 amide bonds. The lowest BCUT2D eigenvalue weighted by molar-refractivity contribution is 0.115.